The van der Waals surface area contributed by atoms with Crippen LogP contribution < -0.4 is 10.1 Å². The summed E-state index contributed by atoms with van der Waals surface area (Å²) in [6.07, 6.45) is 1.76. The smallest absolute Gasteiger partial charge is 0.338 e. The highest BCUT2D eigenvalue weighted by Gasteiger charge is 2.37. The molecule has 0 fully saturated rings. The van der Waals surface area contributed by atoms with Crippen LogP contribution in [0.4, 0.5) is 5.95 Å². The number of ether oxygens (including phenoxy) is 2. The fourth-order valence-corrected chi connectivity index (χ4v) is 4.79. The molecule has 1 aromatic heterocycles. The molecule has 0 saturated heterocycles. The predicted molar refractivity (Wildman–Crippen MR) is 142 cm³/mol. The van der Waals surface area contributed by atoms with Gasteiger partial charge in [0.15, 0.2) is 0 Å². The van der Waals surface area contributed by atoms with E-state index in [-0.39, 0.29) is 5.97 Å². The van der Waals surface area contributed by atoms with Crippen molar-refractivity contribution in [3.05, 3.63) is 75.4 Å². The molecule has 3 aromatic rings. The van der Waals surface area contributed by atoms with Crippen LogP contribution in [0.25, 0.3) is 0 Å². The van der Waals surface area contributed by atoms with E-state index in [0.29, 0.717) is 41.3 Å². The van der Waals surface area contributed by atoms with Crippen LogP contribution in [0.15, 0.2) is 69.4 Å². The number of benzene rings is 2. The summed E-state index contributed by atoms with van der Waals surface area (Å²) in [6.45, 7) is 6.77. The lowest BCUT2D eigenvalue weighted by Crippen LogP contribution is -2.30. The van der Waals surface area contributed by atoms with Crippen molar-refractivity contribution in [1.82, 2.24) is 14.8 Å². The Morgan fingerprint density at radius 3 is 2.74 bits per heavy atom. The summed E-state index contributed by atoms with van der Waals surface area (Å²) in [6, 6.07) is 15.3. The average molecular weight is 558 g/mol. The van der Waals surface area contributed by atoms with Crippen molar-refractivity contribution in [3.8, 4) is 5.75 Å². The number of nitrogens with one attached hydrogen (secondary N) is 1. The summed E-state index contributed by atoms with van der Waals surface area (Å²) in [5.41, 5.74) is 3.05. The maximum atomic E-state index is 13.3. The van der Waals surface area contributed by atoms with Crippen LogP contribution in [-0.2, 0) is 16.1 Å². The number of esters is 1. The van der Waals surface area contributed by atoms with Gasteiger partial charge in [-0.3, -0.25) is 0 Å². The topological polar surface area (TPSA) is 78.3 Å². The van der Waals surface area contributed by atoms with E-state index in [9.17, 15) is 4.79 Å². The molecule has 184 valence electrons. The van der Waals surface area contributed by atoms with Gasteiger partial charge in [0.2, 0.25) is 11.1 Å². The standard InChI is InChI=1S/C26H29BrN4O3S/c1-4-6-14-33-24(32)22-17(3)28-25-29-26(35-5-2)30-31(25)23(22)20-15-19(27)12-13-21(20)34-16-18-10-8-7-9-11-18/h7-13,15,23H,4-6,14,16H2,1-3H3,(H,28,29,30). The number of hydrogen-bond acceptors (Lipinski definition) is 7. The second kappa shape index (κ2) is 11.8. The molecule has 0 spiro atoms. The highest BCUT2D eigenvalue weighted by Crippen LogP contribution is 2.41. The molecule has 7 nitrogen and oxygen atoms in total. The Labute approximate surface area is 218 Å². The molecule has 1 aliphatic rings. The molecular formula is C26H29BrN4O3S. The van der Waals surface area contributed by atoms with Gasteiger partial charge in [-0.25, -0.2) is 9.48 Å². The summed E-state index contributed by atoms with van der Waals surface area (Å²) in [5, 5.41) is 8.65. The summed E-state index contributed by atoms with van der Waals surface area (Å²) < 4.78 is 14.6. The van der Waals surface area contributed by atoms with Crippen molar-refractivity contribution in [1.29, 1.82) is 0 Å². The first kappa shape index (κ1) is 25.3. The Hall–Kier alpha value is -2.78. The number of carbonyl (C=O) groups is 1. The maximum Gasteiger partial charge on any atom is 0.338 e. The number of anilines is 1. The second-order valence-corrected chi connectivity index (χ2v) is 10.3. The molecule has 0 bridgehead atoms. The highest BCUT2D eigenvalue weighted by molar-refractivity contribution is 9.10. The number of carbonyl (C=O) groups excluding carboxylic acids is 1. The molecule has 35 heavy (non-hydrogen) atoms. The number of halogens is 1. The van der Waals surface area contributed by atoms with Crippen LogP contribution in [0.3, 0.4) is 0 Å². The van der Waals surface area contributed by atoms with E-state index in [1.807, 2.05) is 55.5 Å². The zero-order chi connectivity index (χ0) is 24.8. The van der Waals surface area contributed by atoms with Crippen molar-refractivity contribution in [2.24, 2.45) is 0 Å². The van der Waals surface area contributed by atoms with E-state index in [1.54, 1.807) is 16.4 Å². The van der Waals surface area contributed by atoms with Crippen LogP contribution >= 0.6 is 27.7 Å². The monoisotopic (exact) mass is 556 g/mol. The summed E-state index contributed by atoms with van der Waals surface area (Å²) in [7, 11) is 0. The third kappa shape index (κ3) is 5.90. The van der Waals surface area contributed by atoms with Crippen molar-refractivity contribution in [2.75, 3.05) is 17.7 Å². The first-order chi connectivity index (χ1) is 17.0. The number of allylic oxidation sites excluding steroid dienone is 1. The Kier molecular flexibility index (Phi) is 8.51. The average Bonchev–Trinajstić information content (AvgIpc) is 3.25. The Morgan fingerprint density at radius 1 is 1.20 bits per heavy atom. The Morgan fingerprint density at radius 2 is 2.00 bits per heavy atom. The van der Waals surface area contributed by atoms with Gasteiger partial charge in [0.1, 0.15) is 18.4 Å². The van der Waals surface area contributed by atoms with E-state index >= 15 is 0 Å². The molecule has 0 aliphatic carbocycles. The number of rotatable bonds is 10. The highest BCUT2D eigenvalue weighted by atomic mass is 79.9. The van der Waals surface area contributed by atoms with Gasteiger partial charge in [-0.1, -0.05) is 78.3 Å². The molecule has 1 atom stereocenters. The minimum atomic E-state index is -0.553. The molecule has 1 aliphatic heterocycles. The molecule has 9 heteroatoms. The van der Waals surface area contributed by atoms with Gasteiger partial charge in [-0.15, -0.1) is 5.10 Å². The van der Waals surface area contributed by atoms with Crippen LogP contribution in [0.5, 0.6) is 5.75 Å². The van der Waals surface area contributed by atoms with Gasteiger partial charge in [-0.2, -0.15) is 4.98 Å². The minimum absolute atomic E-state index is 0.367. The summed E-state index contributed by atoms with van der Waals surface area (Å²) in [5.74, 6) is 1.73. The molecule has 2 heterocycles. The van der Waals surface area contributed by atoms with Crippen molar-refractivity contribution in [2.45, 2.75) is 51.4 Å². The normalized spacial score (nSPS) is 14.9. The van der Waals surface area contributed by atoms with E-state index < -0.39 is 6.04 Å². The van der Waals surface area contributed by atoms with Crippen molar-refractivity contribution < 1.29 is 14.3 Å². The van der Waals surface area contributed by atoms with E-state index in [4.69, 9.17) is 14.6 Å². The molecular weight excluding hydrogens is 528 g/mol. The molecule has 0 amide bonds. The van der Waals surface area contributed by atoms with Crippen LogP contribution in [-0.4, -0.2) is 33.1 Å². The number of hydrogen-bond donors (Lipinski definition) is 1. The first-order valence-electron chi connectivity index (χ1n) is 11.7. The summed E-state index contributed by atoms with van der Waals surface area (Å²) in [4.78, 5) is 18.0. The number of unbranched alkanes of at least 4 members (excludes halogenated alkanes) is 1. The van der Waals surface area contributed by atoms with Gasteiger partial charge in [0.25, 0.3) is 0 Å². The van der Waals surface area contributed by atoms with E-state index in [1.165, 1.54) is 0 Å². The van der Waals surface area contributed by atoms with Gasteiger partial charge in [0.05, 0.1) is 12.2 Å². The fourth-order valence-electron chi connectivity index (χ4n) is 3.86. The molecule has 4 rings (SSSR count). The minimum Gasteiger partial charge on any atom is -0.489 e. The quantitative estimate of drug-likeness (QED) is 0.177. The largest absolute Gasteiger partial charge is 0.489 e. The third-order valence-electron chi connectivity index (χ3n) is 5.56. The van der Waals surface area contributed by atoms with E-state index in [2.05, 4.69) is 40.1 Å². The van der Waals surface area contributed by atoms with Crippen LogP contribution in [0.1, 0.15) is 50.8 Å². The Bertz CT molecular complexity index is 1210. The van der Waals surface area contributed by atoms with Crippen molar-refractivity contribution in [3.63, 3.8) is 0 Å². The zero-order valence-corrected chi connectivity index (χ0v) is 22.5. The van der Waals surface area contributed by atoms with Crippen LogP contribution in [0, 0.1) is 0 Å². The molecule has 0 saturated carbocycles. The molecule has 1 unspecified atom stereocenters. The number of thioether (sulfide) groups is 1. The van der Waals surface area contributed by atoms with Gasteiger partial charge in [0, 0.05) is 15.7 Å². The SMILES string of the molecule is CCCCOC(=O)C1=C(C)Nc2nc(SCC)nn2C1c1cc(Br)ccc1OCc1ccccc1. The molecule has 2 aromatic carbocycles. The van der Waals surface area contributed by atoms with Crippen molar-refractivity contribution >= 4 is 39.6 Å². The maximum absolute atomic E-state index is 13.3. The van der Waals surface area contributed by atoms with Crippen LogP contribution in [0.2, 0.25) is 0 Å². The lowest BCUT2D eigenvalue weighted by Gasteiger charge is -2.29. The van der Waals surface area contributed by atoms with Gasteiger partial charge < -0.3 is 14.8 Å². The first-order valence-corrected chi connectivity index (χ1v) is 13.5. The lowest BCUT2D eigenvalue weighted by molar-refractivity contribution is -0.139. The Balaban J connectivity index is 1.78. The van der Waals surface area contributed by atoms with Gasteiger partial charge in [-0.05, 0) is 42.9 Å². The summed E-state index contributed by atoms with van der Waals surface area (Å²) >= 11 is 5.15. The van der Waals surface area contributed by atoms with E-state index in [0.717, 1.165) is 34.2 Å². The predicted octanol–water partition coefficient (Wildman–Crippen LogP) is 6.36. The molecule has 0 radical (unpaired) electrons. The lowest BCUT2D eigenvalue weighted by atomic mass is 9.95. The van der Waals surface area contributed by atoms with Gasteiger partial charge >= 0.3 is 5.97 Å². The number of aromatic nitrogens is 3. The second-order valence-electron chi connectivity index (χ2n) is 8.11. The molecule has 1 N–H and O–H groups in total. The zero-order valence-electron chi connectivity index (χ0n) is 20.1. The number of fused-ring (bicyclic) bond motifs is 1. The number of nitrogens with zero attached hydrogens (tertiary/aromatic N) is 3. The third-order valence-corrected chi connectivity index (χ3v) is 6.77. The fraction of sp³-hybridized carbons (Fsp3) is 0.346.